The number of nitrogens with zero attached hydrogens (tertiary/aromatic N) is 3. The van der Waals surface area contributed by atoms with Gasteiger partial charge < -0.3 is 15.4 Å². The first-order chi connectivity index (χ1) is 17.7. The number of anilines is 1. The van der Waals surface area contributed by atoms with E-state index in [0.29, 0.717) is 36.0 Å². The molecule has 0 saturated heterocycles. The third-order valence-corrected chi connectivity index (χ3v) is 6.11. The van der Waals surface area contributed by atoms with E-state index < -0.39 is 5.41 Å². The molecule has 0 fully saturated rings. The lowest BCUT2D eigenvalue weighted by atomic mass is 9.95. The Labute approximate surface area is 221 Å². The third kappa shape index (κ3) is 6.15. The Balaban J connectivity index is 1.54. The quantitative estimate of drug-likeness (QED) is 0.319. The van der Waals surface area contributed by atoms with Crippen LogP contribution < -0.4 is 10.6 Å². The molecule has 0 aliphatic carbocycles. The number of aromatic nitrogens is 3. The monoisotopic (exact) mass is 519 g/mol. The van der Waals surface area contributed by atoms with E-state index in [0.717, 1.165) is 27.8 Å². The van der Waals surface area contributed by atoms with Crippen LogP contribution in [0, 0.1) is 5.41 Å². The summed E-state index contributed by atoms with van der Waals surface area (Å²) in [6, 6.07) is 14.6. The van der Waals surface area contributed by atoms with Crippen molar-refractivity contribution in [3.63, 3.8) is 0 Å². The largest absolute Gasteiger partial charge is 0.375 e. The highest BCUT2D eigenvalue weighted by atomic mass is 35.5. The van der Waals surface area contributed by atoms with E-state index in [1.807, 2.05) is 58.0 Å². The highest BCUT2D eigenvalue weighted by Crippen LogP contribution is 2.27. The summed E-state index contributed by atoms with van der Waals surface area (Å²) in [5, 5.41) is 11.5. The fraction of sp³-hybridized carbons (Fsp3) is 0.286. The molecule has 4 rings (SSSR count). The minimum Gasteiger partial charge on any atom is -0.375 e. The molecule has 37 heavy (non-hydrogen) atoms. The molecule has 4 aromatic rings. The Morgan fingerprint density at radius 3 is 2.59 bits per heavy atom. The van der Waals surface area contributed by atoms with E-state index in [-0.39, 0.29) is 11.8 Å². The zero-order chi connectivity index (χ0) is 26.6. The first-order valence-corrected chi connectivity index (χ1v) is 12.4. The molecular formula is C28H30ClN5O3. The van der Waals surface area contributed by atoms with Crippen LogP contribution in [0.4, 0.5) is 5.69 Å². The lowest BCUT2D eigenvalue weighted by molar-refractivity contribution is -0.128. The highest BCUT2D eigenvalue weighted by Gasteiger charge is 2.21. The van der Waals surface area contributed by atoms with Gasteiger partial charge in [0, 0.05) is 24.0 Å². The van der Waals surface area contributed by atoms with E-state index in [4.69, 9.17) is 16.3 Å². The van der Waals surface area contributed by atoms with Gasteiger partial charge in [0.1, 0.15) is 0 Å². The summed E-state index contributed by atoms with van der Waals surface area (Å²) in [7, 11) is 0. The predicted octanol–water partition coefficient (Wildman–Crippen LogP) is 5.53. The second-order valence-corrected chi connectivity index (χ2v) is 10.0. The van der Waals surface area contributed by atoms with Crippen LogP contribution >= 0.6 is 11.6 Å². The molecule has 0 aliphatic rings. The van der Waals surface area contributed by atoms with Crippen LogP contribution in [0.3, 0.4) is 0 Å². The first kappa shape index (κ1) is 26.3. The predicted molar refractivity (Wildman–Crippen MR) is 145 cm³/mol. The average molecular weight is 520 g/mol. The van der Waals surface area contributed by atoms with Gasteiger partial charge in [-0.25, -0.2) is 4.68 Å². The molecule has 8 nitrogen and oxygen atoms in total. The third-order valence-electron chi connectivity index (χ3n) is 5.78. The summed E-state index contributed by atoms with van der Waals surface area (Å²) in [6.07, 6.45) is 3.45. The molecule has 0 atom stereocenters. The number of benzene rings is 2. The van der Waals surface area contributed by atoms with Gasteiger partial charge in [-0.15, -0.1) is 0 Å². The lowest BCUT2D eigenvalue weighted by Gasteiger charge is -2.18. The van der Waals surface area contributed by atoms with Crippen LogP contribution in [-0.2, 0) is 22.7 Å². The van der Waals surface area contributed by atoms with E-state index in [1.54, 1.807) is 35.3 Å². The highest BCUT2D eigenvalue weighted by molar-refractivity contribution is 6.34. The summed E-state index contributed by atoms with van der Waals surface area (Å²) in [5.41, 5.74) is 3.66. The second kappa shape index (κ2) is 11.1. The Hall–Kier alpha value is -3.75. The van der Waals surface area contributed by atoms with Gasteiger partial charge in [-0.1, -0.05) is 44.5 Å². The fourth-order valence-corrected chi connectivity index (χ4v) is 3.90. The van der Waals surface area contributed by atoms with Gasteiger partial charge in [-0.05, 0) is 48.9 Å². The smallest absolute Gasteiger partial charge is 0.257 e. The molecule has 0 saturated carbocycles. The lowest BCUT2D eigenvalue weighted by Crippen LogP contribution is -2.34. The van der Waals surface area contributed by atoms with E-state index in [2.05, 4.69) is 20.7 Å². The number of carbonyl (C=O) groups excluding carboxylic acids is 2. The van der Waals surface area contributed by atoms with Crippen LogP contribution in [0.25, 0.3) is 16.6 Å². The van der Waals surface area contributed by atoms with E-state index >= 15 is 0 Å². The zero-order valence-electron chi connectivity index (χ0n) is 21.3. The number of fused-ring (bicyclic) bond motifs is 1. The molecule has 0 radical (unpaired) electrons. The molecule has 0 bridgehead atoms. The summed E-state index contributed by atoms with van der Waals surface area (Å²) in [5.74, 6) is -0.424. The van der Waals surface area contributed by atoms with E-state index in [1.165, 1.54) is 0 Å². The number of nitrogens with one attached hydrogen (secondary N) is 2. The maximum atomic E-state index is 13.2. The summed E-state index contributed by atoms with van der Waals surface area (Å²) in [6.45, 7) is 8.87. The minimum absolute atomic E-state index is 0.0729. The van der Waals surface area contributed by atoms with Crippen molar-refractivity contribution in [3.05, 3.63) is 82.8 Å². The normalized spacial score (nSPS) is 11.5. The molecule has 2 N–H and O–H groups in total. The van der Waals surface area contributed by atoms with Crippen LogP contribution in [-0.4, -0.2) is 33.2 Å². The Morgan fingerprint density at radius 2 is 1.89 bits per heavy atom. The molecule has 2 amide bonds. The standard InChI is InChI=1S/C28H30ClN5O3/c1-5-37-17-19-10-11-20(15-30-19)34-25-8-6-7-24(22(25)16-32-34)33-26(35)21-13-18(9-12-23(21)29)14-31-27(36)28(2,3)4/h6-13,15-16H,5,14,17H2,1-4H3,(H,31,36)(H,33,35). The van der Waals surface area contributed by atoms with Crippen molar-refractivity contribution in [2.45, 2.75) is 40.8 Å². The molecule has 0 spiro atoms. The molecule has 0 unspecified atom stereocenters. The van der Waals surface area contributed by atoms with Crippen molar-refractivity contribution in [3.8, 4) is 5.69 Å². The Bertz CT molecular complexity index is 1420. The average Bonchev–Trinajstić information content (AvgIpc) is 3.31. The van der Waals surface area contributed by atoms with Crippen molar-refractivity contribution in [1.29, 1.82) is 0 Å². The zero-order valence-corrected chi connectivity index (χ0v) is 22.1. The number of hydrogen-bond acceptors (Lipinski definition) is 5. The van der Waals surface area contributed by atoms with Crippen molar-refractivity contribution in [2.75, 3.05) is 11.9 Å². The first-order valence-electron chi connectivity index (χ1n) is 12.0. The van der Waals surface area contributed by atoms with Crippen molar-refractivity contribution < 1.29 is 14.3 Å². The van der Waals surface area contributed by atoms with Gasteiger partial charge in [0.25, 0.3) is 5.91 Å². The number of carbonyl (C=O) groups is 2. The maximum absolute atomic E-state index is 13.2. The van der Waals surface area contributed by atoms with Gasteiger partial charge >= 0.3 is 0 Å². The molecule has 0 aliphatic heterocycles. The molecular weight excluding hydrogens is 490 g/mol. The number of rotatable bonds is 8. The van der Waals surface area contributed by atoms with Crippen molar-refractivity contribution in [1.82, 2.24) is 20.1 Å². The SMILES string of the molecule is CCOCc1ccc(-n2ncc3c(NC(=O)c4cc(CNC(=O)C(C)(C)C)ccc4Cl)cccc32)cn1. The number of hydrogen-bond donors (Lipinski definition) is 2. The number of ether oxygens (including phenoxy) is 1. The fourth-order valence-electron chi connectivity index (χ4n) is 3.69. The van der Waals surface area contributed by atoms with Crippen molar-refractivity contribution in [2.24, 2.45) is 5.41 Å². The molecule has 2 aromatic heterocycles. The molecule has 2 aromatic carbocycles. The van der Waals surface area contributed by atoms with Crippen molar-refractivity contribution >= 4 is 40.0 Å². The molecule has 9 heteroatoms. The summed E-state index contributed by atoms with van der Waals surface area (Å²) in [4.78, 5) is 29.9. The Kier molecular flexibility index (Phi) is 7.90. The van der Waals surface area contributed by atoms with Gasteiger partial charge in [0.2, 0.25) is 5.91 Å². The van der Waals surface area contributed by atoms with Gasteiger partial charge in [-0.3, -0.25) is 14.6 Å². The number of amides is 2. The molecule has 2 heterocycles. The Morgan fingerprint density at radius 1 is 1.08 bits per heavy atom. The summed E-state index contributed by atoms with van der Waals surface area (Å²) < 4.78 is 7.18. The minimum atomic E-state index is -0.503. The van der Waals surface area contributed by atoms with Gasteiger partial charge in [-0.2, -0.15) is 5.10 Å². The van der Waals surface area contributed by atoms with Gasteiger partial charge in [0.15, 0.2) is 0 Å². The second-order valence-electron chi connectivity index (χ2n) is 9.64. The maximum Gasteiger partial charge on any atom is 0.257 e. The number of halogens is 1. The van der Waals surface area contributed by atoms with Crippen LogP contribution in [0.1, 0.15) is 49.3 Å². The van der Waals surface area contributed by atoms with Crippen LogP contribution in [0.5, 0.6) is 0 Å². The topological polar surface area (TPSA) is 98.1 Å². The van der Waals surface area contributed by atoms with E-state index in [9.17, 15) is 9.59 Å². The summed E-state index contributed by atoms with van der Waals surface area (Å²) >= 11 is 6.36. The molecule has 192 valence electrons. The van der Waals surface area contributed by atoms with Crippen LogP contribution in [0.2, 0.25) is 5.02 Å². The number of pyridine rings is 1. The van der Waals surface area contributed by atoms with Crippen LogP contribution in [0.15, 0.2) is 60.9 Å². The van der Waals surface area contributed by atoms with Gasteiger partial charge in [0.05, 0.1) is 52.2 Å².